The van der Waals surface area contributed by atoms with Gasteiger partial charge in [0.05, 0.1) is 6.61 Å². The van der Waals surface area contributed by atoms with E-state index < -0.39 is 0 Å². The molecule has 0 spiro atoms. The Hall–Kier alpha value is -1.06. The number of hydrogen-bond donors (Lipinski definition) is 1. The van der Waals surface area contributed by atoms with Crippen molar-refractivity contribution in [2.45, 2.75) is 26.3 Å². The van der Waals surface area contributed by atoms with Crippen LogP contribution in [0.4, 0.5) is 0 Å². The molecule has 3 nitrogen and oxygen atoms in total. The number of rotatable bonds is 8. The van der Waals surface area contributed by atoms with Crippen molar-refractivity contribution in [3.63, 3.8) is 0 Å². The van der Waals surface area contributed by atoms with Crippen molar-refractivity contribution in [2.75, 3.05) is 26.9 Å². The van der Waals surface area contributed by atoms with Crippen molar-refractivity contribution in [1.82, 2.24) is 5.32 Å². The molecule has 0 radical (unpaired) electrons. The molecule has 0 saturated carbocycles. The lowest BCUT2D eigenvalue weighted by Crippen LogP contribution is -2.15. The largest absolute Gasteiger partial charge is 0.491 e. The van der Waals surface area contributed by atoms with Crippen LogP contribution in [0.15, 0.2) is 24.3 Å². The molecule has 1 aromatic carbocycles. The number of hydrogen-bond acceptors (Lipinski definition) is 3. The summed E-state index contributed by atoms with van der Waals surface area (Å²) >= 11 is 0. The highest BCUT2D eigenvalue weighted by molar-refractivity contribution is 5.30. The summed E-state index contributed by atoms with van der Waals surface area (Å²) in [6.45, 7) is 6.14. The van der Waals surface area contributed by atoms with Gasteiger partial charge in [0.15, 0.2) is 0 Å². The third-order valence-electron chi connectivity index (χ3n) is 2.72. The molecule has 1 aromatic rings. The topological polar surface area (TPSA) is 30.5 Å². The fraction of sp³-hybridized carbons (Fsp3) is 0.571. The molecule has 96 valence electrons. The summed E-state index contributed by atoms with van der Waals surface area (Å²) in [6.07, 6.45) is 1.07. The molecule has 17 heavy (non-hydrogen) atoms. The van der Waals surface area contributed by atoms with Crippen molar-refractivity contribution >= 4 is 0 Å². The van der Waals surface area contributed by atoms with E-state index in [0.717, 1.165) is 18.8 Å². The Morgan fingerprint density at radius 2 is 2.06 bits per heavy atom. The molecule has 0 heterocycles. The molecular weight excluding hydrogens is 214 g/mol. The minimum absolute atomic E-state index is 0.394. The summed E-state index contributed by atoms with van der Waals surface area (Å²) in [5, 5.41) is 3.29. The van der Waals surface area contributed by atoms with Crippen molar-refractivity contribution in [3.05, 3.63) is 29.8 Å². The Morgan fingerprint density at radius 3 is 2.71 bits per heavy atom. The lowest BCUT2D eigenvalue weighted by molar-refractivity contribution is 0.110. The normalized spacial score (nSPS) is 12.4. The second-order valence-electron chi connectivity index (χ2n) is 3.87. The van der Waals surface area contributed by atoms with Gasteiger partial charge in [0, 0.05) is 12.6 Å². The van der Waals surface area contributed by atoms with Crippen LogP contribution in [0.1, 0.15) is 31.9 Å². The first kappa shape index (κ1) is 14.0. The van der Waals surface area contributed by atoms with E-state index in [1.807, 2.05) is 26.1 Å². The zero-order chi connectivity index (χ0) is 12.5. The van der Waals surface area contributed by atoms with Crippen LogP contribution in [0, 0.1) is 0 Å². The molecule has 0 bridgehead atoms. The quantitative estimate of drug-likeness (QED) is 0.705. The Balaban J connectivity index is 2.53. The summed E-state index contributed by atoms with van der Waals surface area (Å²) < 4.78 is 10.9. The average molecular weight is 237 g/mol. The first-order valence-electron chi connectivity index (χ1n) is 6.29. The molecule has 0 aliphatic carbocycles. The Kier molecular flexibility index (Phi) is 6.67. The van der Waals surface area contributed by atoms with Crippen molar-refractivity contribution in [1.29, 1.82) is 0 Å². The van der Waals surface area contributed by atoms with Crippen molar-refractivity contribution < 1.29 is 9.47 Å². The Bertz CT molecular complexity index is 311. The highest BCUT2D eigenvalue weighted by Crippen LogP contribution is 2.21. The zero-order valence-electron chi connectivity index (χ0n) is 11.0. The van der Waals surface area contributed by atoms with E-state index in [1.54, 1.807) is 0 Å². The molecule has 0 aliphatic heterocycles. The third-order valence-corrected chi connectivity index (χ3v) is 2.72. The van der Waals surface area contributed by atoms with Crippen LogP contribution in [0.5, 0.6) is 5.75 Å². The molecule has 1 unspecified atom stereocenters. The van der Waals surface area contributed by atoms with Gasteiger partial charge >= 0.3 is 0 Å². The first-order chi connectivity index (χ1) is 8.31. The average Bonchev–Trinajstić information content (AvgIpc) is 2.37. The lowest BCUT2D eigenvalue weighted by Gasteiger charge is -2.15. The maximum atomic E-state index is 5.64. The van der Waals surface area contributed by atoms with E-state index in [-0.39, 0.29) is 0 Å². The number of nitrogens with one attached hydrogen (secondary N) is 1. The van der Waals surface area contributed by atoms with Gasteiger partial charge in [0.1, 0.15) is 12.4 Å². The SMILES string of the molecule is CCOCCOc1cccc(C(CC)NC)c1. The smallest absolute Gasteiger partial charge is 0.119 e. The molecular formula is C14H23NO2. The van der Waals surface area contributed by atoms with Gasteiger partial charge in [0.25, 0.3) is 0 Å². The second-order valence-corrected chi connectivity index (χ2v) is 3.87. The zero-order valence-corrected chi connectivity index (χ0v) is 11.0. The molecule has 0 amide bonds. The molecule has 1 atom stereocenters. The summed E-state index contributed by atoms with van der Waals surface area (Å²) in [4.78, 5) is 0. The predicted octanol–water partition coefficient (Wildman–Crippen LogP) is 2.77. The van der Waals surface area contributed by atoms with E-state index in [9.17, 15) is 0 Å². The van der Waals surface area contributed by atoms with Crippen LogP contribution in [0.2, 0.25) is 0 Å². The van der Waals surface area contributed by atoms with Gasteiger partial charge in [-0.2, -0.15) is 0 Å². The minimum atomic E-state index is 0.394. The standard InChI is InChI=1S/C14H23NO2/c1-4-14(15-3)12-7-6-8-13(11-12)17-10-9-16-5-2/h6-8,11,14-15H,4-5,9-10H2,1-3H3. The molecule has 1 N–H and O–H groups in total. The van der Waals surface area contributed by atoms with Gasteiger partial charge < -0.3 is 14.8 Å². The van der Waals surface area contributed by atoms with E-state index in [1.165, 1.54) is 5.56 Å². The van der Waals surface area contributed by atoms with Gasteiger partial charge in [-0.25, -0.2) is 0 Å². The second kappa shape index (κ2) is 8.09. The van der Waals surface area contributed by atoms with E-state index >= 15 is 0 Å². The molecule has 0 aromatic heterocycles. The van der Waals surface area contributed by atoms with Crippen LogP contribution in [-0.4, -0.2) is 26.9 Å². The summed E-state index contributed by atoms with van der Waals surface area (Å²) in [6, 6.07) is 8.63. The minimum Gasteiger partial charge on any atom is -0.491 e. The molecule has 3 heteroatoms. The van der Waals surface area contributed by atoms with E-state index in [4.69, 9.17) is 9.47 Å². The molecule has 1 rings (SSSR count). The van der Waals surface area contributed by atoms with Gasteiger partial charge in [-0.05, 0) is 38.1 Å². The van der Waals surface area contributed by atoms with Crippen molar-refractivity contribution in [3.8, 4) is 5.75 Å². The Morgan fingerprint density at radius 1 is 1.24 bits per heavy atom. The monoisotopic (exact) mass is 237 g/mol. The predicted molar refractivity (Wildman–Crippen MR) is 70.5 cm³/mol. The third kappa shape index (κ3) is 4.75. The van der Waals surface area contributed by atoms with Gasteiger partial charge in [-0.15, -0.1) is 0 Å². The van der Waals surface area contributed by atoms with Crippen LogP contribution >= 0.6 is 0 Å². The summed E-state index contributed by atoms with van der Waals surface area (Å²) in [7, 11) is 1.98. The summed E-state index contributed by atoms with van der Waals surface area (Å²) in [5.41, 5.74) is 1.27. The van der Waals surface area contributed by atoms with Crippen molar-refractivity contribution in [2.24, 2.45) is 0 Å². The lowest BCUT2D eigenvalue weighted by atomic mass is 10.0. The highest BCUT2D eigenvalue weighted by atomic mass is 16.5. The van der Waals surface area contributed by atoms with Gasteiger partial charge in [-0.1, -0.05) is 19.1 Å². The number of benzene rings is 1. The first-order valence-corrected chi connectivity index (χ1v) is 6.29. The maximum absolute atomic E-state index is 5.64. The number of ether oxygens (including phenoxy) is 2. The Labute approximate surface area is 104 Å². The van der Waals surface area contributed by atoms with Gasteiger partial charge in [-0.3, -0.25) is 0 Å². The van der Waals surface area contributed by atoms with Gasteiger partial charge in [0.2, 0.25) is 0 Å². The fourth-order valence-corrected chi connectivity index (χ4v) is 1.79. The molecule has 0 aliphatic rings. The van der Waals surface area contributed by atoms with E-state index in [0.29, 0.717) is 19.3 Å². The van der Waals surface area contributed by atoms with Crippen LogP contribution < -0.4 is 10.1 Å². The molecule has 0 saturated heterocycles. The fourth-order valence-electron chi connectivity index (χ4n) is 1.79. The molecule has 0 fully saturated rings. The van der Waals surface area contributed by atoms with E-state index in [2.05, 4.69) is 24.4 Å². The van der Waals surface area contributed by atoms with Crippen LogP contribution in [0.3, 0.4) is 0 Å². The highest BCUT2D eigenvalue weighted by Gasteiger charge is 2.06. The van der Waals surface area contributed by atoms with Crippen LogP contribution in [0.25, 0.3) is 0 Å². The summed E-state index contributed by atoms with van der Waals surface area (Å²) in [5.74, 6) is 0.913. The van der Waals surface area contributed by atoms with Crippen LogP contribution in [-0.2, 0) is 4.74 Å². The maximum Gasteiger partial charge on any atom is 0.119 e.